The number of nitrogens with zero attached hydrogens (tertiary/aromatic N) is 1. The van der Waals surface area contributed by atoms with Crippen molar-refractivity contribution in [2.45, 2.75) is 19.0 Å². The van der Waals surface area contributed by atoms with Gasteiger partial charge in [-0.2, -0.15) is 0 Å². The second-order valence-electron chi connectivity index (χ2n) is 4.21. The third-order valence-electron chi connectivity index (χ3n) is 3.28. The standard InChI is InChI=1S/C12H17BrN2/c1-9(15(2)12-7-14-8-12)10-4-3-5-11(13)6-10/h3-6,9,12,14H,7-8H2,1-2H3. The first-order chi connectivity index (χ1) is 7.18. The van der Waals surface area contributed by atoms with Crippen LogP contribution >= 0.6 is 15.9 Å². The monoisotopic (exact) mass is 268 g/mol. The molecule has 15 heavy (non-hydrogen) atoms. The molecule has 1 fully saturated rings. The molecule has 0 aliphatic carbocycles. The quantitative estimate of drug-likeness (QED) is 0.906. The molecule has 1 aromatic rings. The van der Waals surface area contributed by atoms with Crippen LogP contribution in [0, 0.1) is 0 Å². The zero-order valence-corrected chi connectivity index (χ0v) is 10.8. The van der Waals surface area contributed by atoms with E-state index in [2.05, 4.69) is 64.4 Å². The van der Waals surface area contributed by atoms with Crippen molar-refractivity contribution in [3.63, 3.8) is 0 Å². The van der Waals surface area contributed by atoms with E-state index in [1.807, 2.05) is 0 Å². The Balaban J connectivity index is 2.08. The van der Waals surface area contributed by atoms with E-state index >= 15 is 0 Å². The van der Waals surface area contributed by atoms with Crippen LogP contribution in [0.5, 0.6) is 0 Å². The zero-order chi connectivity index (χ0) is 10.8. The zero-order valence-electron chi connectivity index (χ0n) is 9.20. The summed E-state index contributed by atoms with van der Waals surface area (Å²) >= 11 is 3.52. The summed E-state index contributed by atoms with van der Waals surface area (Å²) in [6.45, 7) is 4.50. The molecule has 1 saturated heterocycles. The van der Waals surface area contributed by atoms with Gasteiger partial charge in [0.1, 0.15) is 0 Å². The van der Waals surface area contributed by atoms with E-state index < -0.39 is 0 Å². The Kier molecular flexibility index (Phi) is 3.44. The maximum absolute atomic E-state index is 3.52. The Bertz CT molecular complexity index is 336. The summed E-state index contributed by atoms with van der Waals surface area (Å²) < 4.78 is 1.16. The van der Waals surface area contributed by atoms with Crippen molar-refractivity contribution in [1.29, 1.82) is 0 Å². The van der Waals surface area contributed by atoms with E-state index in [0.717, 1.165) is 17.6 Å². The lowest BCUT2D eigenvalue weighted by atomic mass is 10.0. The predicted molar refractivity (Wildman–Crippen MR) is 67.0 cm³/mol. The van der Waals surface area contributed by atoms with Crippen LogP contribution in [-0.4, -0.2) is 31.1 Å². The predicted octanol–water partition coefficient (Wildman–Crippen LogP) is 2.41. The van der Waals surface area contributed by atoms with Gasteiger partial charge in [-0.05, 0) is 31.7 Å². The molecule has 0 radical (unpaired) electrons. The molecular weight excluding hydrogens is 252 g/mol. The molecule has 0 amide bonds. The fourth-order valence-electron chi connectivity index (χ4n) is 1.88. The molecule has 1 unspecified atom stereocenters. The van der Waals surface area contributed by atoms with Gasteiger partial charge in [0.15, 0.2) is 0 Å². The molecule has 1 aliphatic rings. The molecule has 1 aromatic carbocycles. The van der Waals surface area contributed by atoms with Crippen LogP contribution < -0.4 is 5.32 Å². The van der Waals surface area contributed by atoms with E-state index in [4.69, 9.17) is 0 Å². The summed E-state index contributed by atoms with van der Waals surface area (Å²) in [6, 6.07) is 9.74. The van der Waals surface area contributed by atoms with Crippen LogP contribution in [0.2, 0.25) is 0 Å². The maximum atomic E-state index is 3.52. The van der Waals surface area contributed by atoms with Gasteiger partial charge in [-0.25, -0.2) is 0 Å². The molecule has 0 saturated carbocycles. The van der Waals surface area contributed by atoms with Gasteiger partial charge in [-0.1, -0.05) is 28.1 Å². The highest BCUT2D eigenvalue weighted by atomic mass is 79.9. The lowest BCUT2D eigenvalue weighted by Crippen LogP contribution is -2.56. The average molecular weight is 269 g/mol. The van der Waals surface area contributed by atoms with Crippen molar-refractivity contribution >= 4 is 15.9 Å². The molecular formula is C12H17BrN2. The minimum atomic E-state index is 0.481. The first kappa shape index (κ1) is 11.1. The molecule has 0 aromatic heterocycles. The molecule has 1 N–H and O–H groups in total. The molecule has 1 heterocycles. The lowest BCUT2D eigenvalue weighted by molar-refractivity contribution is 0.136. The SMILES string of the molecule is CC(c1cccc(Br)c1)N(C)C1CNC1. The average Bonchev–Trinajstić information content (AvgIpc) is 2.14. The number of likely N-dealkylation sites (N-methyl/N-ethyl adjacent to an activating group) is 1. The van der Waals surface area contributed by atoms with Crippen molar-refractivity contribution in [2.24, 2.45) is 0 Å². The van der Waals surface area contributed by atoms with Crippen LogP contribution in [-0.2, 0) is 0 Å². The summed E-state index contributed by atoms with van der Waals surface area (Å²) in [5.74, 6) is 0. The van der Waals surface area contributed by atoms with Crippen molar-refractivity contribution in [2.75, 3.05) is 20.1 Å². The van der Waals surface area contributed by atoms with Gasteiger partial charge < -0.3 is 5.32 Å². The van der Waals surface area contributed by atoms with Gasteiger partial charge in [-0.3, -0.25) is 4.90 Å². The van der Waals surface area contributed by atoms with Gasteiger partial charge in [0, 0.05) is 29.6 Å². The number of rotatable bonds is 3. The number of hydrogen-bond acceptors (Lipinski definition) is 2. The lowest BCUT2D eigenvalue weighted by Gasteiger charge is -2.39. The maximum Gasteiger partial charge on any atom is 0.0348 e. The highest BCUT2D eigenvalue weighted by Crippen LogP contribution is 2.24. The minimum absolute atomic E-state index is 0.481. The highest BCUT2D eigenvalue weighted by molar-refractivity contribution is 9.10. The summed E-state index contributed by atoms with van der Waals surface area (Å²) in [6.07, 6.45) is 0. The van der Waals surface area contributed by atoms with Gasteiger partial charge >= 0.3 is 0 Å². The number of nitrogens with one attached hydrogen (secondary N) is 1. The van der Waals surface area contributed by atoms with Gasteiger partial charge in [0.05, 0.1) is 0 Å². The van der Waals surface area contributed by atoms with E-state index in [0.29, 0.717) is 12.1 Å². The fourth-order valence-corrected chi connectivity index (χ4v) is 2.30. The first-order valence-corrected chi connectivity index (χ1v) is 6.16. The van der Waals surface area contributed by atoms with Crippen LogP contribution in [0.1, 0.15) is 18.5 Å². The van der Waals surface area contributed by atoms with Crippen LogP contribution in [0.25, 0.3) is 0 Å². The van der Waals surface area contributed by atoms with Gasteiger partial charge in [-0.15, -0.1) is 0 Å². The Morgan fingerprint density at radius 1 is 1.47 bits per heavy atom. The first-order valence-electron chi connectivity index (χ1n) is 5.36. The molecule has 82 valence electrons. The number of hydrogen-bond donors (Lipinski definition) is 1. The molecule has 2 rings (SSSR count). The molecule has 1 aliphatic heterocycles. The third-order valence-corrected chi connectivity index (χ3v) is 3.77. The molecule has 3 heteroatoms. The largest absolute Gasteiger partial charge is 0.314 e. The minimum Gasteiger partial charge on any atom is -0.314 e. The van der Waals surface area contributed by atoms with Crippen molar-refractivity contribution in [3.05, 3.63) is 34.3 Å². The van der Waals surface area contributed by atoms with E-state index in [-0.39, 0.29) is 0 Å². The molecule has 0 spiro atoms. The Morgan fingerprint density at radius 3 is 2.73 bits per heavy atom. The van der Waals surface area contributed by atoms with Crippen LogP contribution in [0.15, 0.2) is 28.7 Å². The number of benzene rings is 1. The van der Waals surface area contributed by atoms with Gasteiger partial charge in [0.25, 0.3) is 0 Å². The smallest absolute Gasteiger partial charge is 0.0348 e. The Hall–Kier alpha value is -0.380. The van der Waals surface area contributed by atoms with E-state index in [9.17, 15) is 0 Å². The summed E-state index contributed by atoms with van der Waals surface area (Å²) in [4.78, 5) is 2.44. The van der Waals surface area contributed by atoms with E-state index in [1.54, 1.807) is 0 Å². The van der Waals surface area contributed by atoms with Crippen LogP contribution in [0.4, 0.5) is 0 Å². The second kappa shape index (κ2) is 4.64. The fraction of sp³-hybridized carbons (Fsp3) is 0.500. The van der Waals surface area contributed by atoms with E-state index in [1.165, 1.54) is 5.56 Å². The number of halogens is 1. The summed E-state index contributed by atoms with van der Waals surface area (Å²) in [5.41, 5.74) is 1.37. The molecule has 2 nitrogen and oxygen atoms in total. The topological polar surface area (TPSA) is 15.3 Å². The Morgan fingerprint density at radius 2 is 2.20 bits per heavy atom. The summed E-state index contributed by atoms with van der Waals surface area (Å²) in [5, 5.41) is 3.31. The second-order valence-corrected chi connectivity index (χ2v) is 5.12. The Labute approximate surface area is 99.8 Å². The highest BCUT2D eigenvalue weighted by Gasteiger charge is 2.25. The van der Waals surface area contributed by atoms with Crippen LogP contribution in [0.3, 0.4) is 0 Å². The van der Waals surface area contributed by atoms with Gasteiger partial charge in [0.2, 0.25) is 0 Å². The normalized spacial score (nSPS) is 18.9. The van der Waals surface area contributed by atoms with Crippen molar-refractivity contribution in [3.8, 4) is 0 Å². The molecule has 1 atom stereocenters. The van der Waals surface area contributed by atoms with Crippen molar-refractivity contribution < 1.29 is 0 Å². The third kappa shape index (κ3) is 2.41. The van der Waals surface area contributed by atoms with Crippen molar-refractivity contribution in [1.82, 2.24) is 10.2 Å². The summed E-state index contributed by atoms with van der Waals surface area (Å²) in [7, 11) is 2.21. The molecule has 0 bridgehead atoms.